The van der Waals surface area contributed by atoms with Crippen LogP contribution in [0.4, 0.5) is 11.8 Å². The summed E-state index contributed by atoms with van der Waals surface area (Å²) in [5, 5.41) is 4.08. The Bertz CT molecular complexity index is 1030. The first kappa shape index (κ1) is 20.8. The summed E-state index contributed by atoms with van der Waals surface area (Å²) >= 11 is 16.4. The van der Waals surface area contributed by atoms with Crippen LogP contribution in [0.15, 0.2) is 47.4 Å². The van der Waals surface area contributed by atoms with Gasteiger partial charge in [0.05, 0.1) is 25.7 Å². The Hall–Kier alpha value is -1.90. The minimum Gasteiger partial charge on any atom is -0.370 e. The predicted molar refractivity (Wildman–Crippen MR) is 115 cm³/mol. The Morgan fingerprint density at radius 2 is 1.75 bits per heavy atom. The molecule has 1 aromatic heterocycles. The van der Waals surface area contributed by atoms with Gasteiger partial charge in [-0.25, -0.2) is 9.19 Å². The minimum atomic E-state index is -1.98. The SMILES string of the molecule is Nc1nc(NCCc2ccc(S(=O)O)cc2)cc(-c2ccc(Cl)c(Cl)c2Cl)n1. The van der Waals surface area contributed by atoms with Crippen LogP contribution in [0.5, 0.6) is 0 Å². The molecule has 0 amide bonds. The maximum Gasteiger partial charge on any atom is 0.222 e. The number of nitrogens with zero attached hydrogens (tertiary/aromatic N) is 2. The third kappa shape index (κ3) is 4.92. The van der Waals surface area contributed by atoms with Crippen LogP contribution in [0.25, 0.3) is 11.3 Å². The maximum absolute atomic E-state index is 11.0. The van der Waals surface area contributed by atoms with Crippen LogP contribution < -0.4 is 11.1 Å². The highest BCUT2D eigenvalue weighted by Crippen LogP contribution is 2.37. The molecule has 3 aromatic rings. The van der Waals surface area contributed by atoms with Crippen molar-refractivity contribution in [2.75, 3.05) is 17.6 Å². The summed E-state index contributed by atoms with van der Waals surface area (Å²) in [5.41, 5.74) is 7.96. The van der Waals surface area contributed by atoms with E-state index in [4.69, 9.17) is 45.1 Å². The second-order valence-corrected chi connectivity index (χ2v) is 7.92. The van der Waals surface area contributed by atoms with Crippen molar-refractivity contribution < 1.29 is 8.76 Å². The molecule has 0 bridgehead atoms. The van der Waals surface area contributed by atoms with Crippen LogP contribution in [0.3, 0.4) is 0 Å². The van der Waals surface area contributed by atoms with E-state index in [1.54, 1.807) is 42.5 Å². The maximum atomic E-state index is 11.0. The van der Waals surface area contributed by atoms with Gasteiger partial charge in [-0.2, -0.15) is 4.98 Å². The van der Waals surface area contributed by atoms with Gasteiger partial charge in [-0.05, 0) is 36.2 Å². The van der Waals surface area contributed by atoms with Crippen LogP contribution in [0.1, 0.15) is 5.56 Å². The van der Waals surface area contributed by atoms with Gasteiger partial charge in [-0.3, -0.25) is 0 Å². The number of halogens is 3. The van der Waals surface area contributed by atoms with Crippen LogP contribution in [0, 0.1) is 0 Å². The first-order chi connectivity index (χ1) is 13.3. The Morgan fingerprint density at radius 3 is 2.43 bits per heavy atom. The number of anilines is 2. The summed E-state index contributed by atoms with van der Waals surface area (Å²) in [6, 6.07) is 11.9. The average Bonchev–Trinajstić information content (AvgIpc) is 2.66. The van der Waals surface area contributed by atoms with Gasteiger partial charge < -0.3 is 15.6 Å². The van der Waals surface area contributed by atoms with Crippen molar-refractivity contribution in [2.45, 2.75) is 11.3 Å². The summed E-state index contributed by atoms with van der Waals surface area (Å²) in [7, 11) is 0. The molecular formula is C18H15Cl3N4O2S. The lowest BCUT2D eigenvalue weighted by molar-refractivity contribution is 0.564. The second-order valence-electron chi connectivity index (χ2n) is 5.79. The predicted octanol–water partition coefficient (Wildman–Crippen LogP) is 4.92. The van der Waals surface area contributed by atoms with Gasteiger partial charge in [0.15, 0.2) is 11.1 Å². The summed E-state index contributed by atoms with van der Waals surface area (Å²) in [5.74, 6) is 0.634. The molecule has 0 aliphatic heterocycles. The van der Waals surface area contributed by atoms with E-state index >= 15 is 0 Å². The molecule has 6 nitrogen and oxygen atoms in total. The smallest absolute Gasteiger partial charge is 0.222 e. The number of aromatic nitrogens is 2. The number of rotatable bonds is 6. The Kier molecular flexibility index (Phi) is 6.74. The van der Waals surface area contributed by atoms with E-state index in [2.05, 4.69) is 15.3 Å². The highest BCUT2D eigenvalue weighted by atomic mass is 35.5. The van der Waals surface area contributed by atoms with Crippen LogP contribution in [-0.4, -0.2) is 25.3 Å². The van der Waals surface area contributed by atoms with Gasteiger partial charge in [-0.1, -0.05) is 46.9 Å². The van der Waals surface area contributed by atoms with Gasteiger partial charge in [-0.15, -0.1) is 0 Å². The molecule has 0 radical (unpaired) electrons. The van der Waals surface area contributed by atoms with Crippen LogP contribution >= 0.6 is 34.8 Å². The molecule has 0 fully saturated rings. The molecule has 28 heavy (non-hydrogen) atoms. The van der Waals surface area contributed by atoms with Crippen molar-refractivity contribution in [1.82, 2.24) is 9.97 Å². The summed E-state index contributed by atoms with van der Waals surface area (Å²) in [6.07, 6.45) is 0.686. The van der Waals surface area contributed by atoms with Gasteiger partial charge in [0.2, 0.25) is 5.95 Å². The fourth-order valence-electron chi connectivity index (χ4n) is 2.53. The van der Waals surface area contributed by atoms with E-state index in [0.29, 0.717) is 45.0 Å². The summed E-state index contributed by atoms with van der Waals surface area (Å²) < 4.78 is 20.0. The third-order valence-electron chi connectivity index (χ3n) is 3.90. The molecule has 10 heteroatoms. The molecule has 1 unspecified atom stereocenters. The molecule has 1 atom stereocenters. The van der Waals surface area contributed by atoms with E-state index < -0.39 is 11.1 Å². The summed E-state index contributed by atoms with van der Waals surface area (Å²) in [6.45, 7) is 0.576. The highest BCUT2D eigenvalue weighted by molar-refractivity contribution is 7.79. The average molecular weight is 458 g/mol. The lowest BCUT2D eigenvalue weighted by Crippen LogP contribution is -2.08. The first-order valence-corrected chi connectivity index (χ1v) is 10.3. The number of benzene rings is 2. The van der Waals surface area contributed by atoms with E-state index in [1.807, 2.05) is 0 Å². The normalized spacial score (nSPS) is 12.0. The topological polar surface area (TPSA) is 101 Å². The standard InChI is InChI=1S/C18H15Cl3N4O2S/c19-13-6-5-12(16(20)17(13)21)14-9-15(25-18(22)24-14)23-8-7-10-1-3-11(4-2-10)28(26)27/h1-6,9H,7-8H2,(H,26,27)(H3,22,23,24,25). The van der Waals surface area contributed by atoms with Gasteiger partial charge in [0.1, 0.15) is 5.82 Å². The Balaban J connectivity index is 1.73. The fraction of sp³-hybridized carbons (Fsp3) is 0.111. The minimum absolute atomic E-state index is 0.0944. The van der Waals surface area contributed by atoms with Crippen LogP contribution in [-0.2, 0) is 17.5 Å². The van der Waals surface area contributed by atoms with Gasteiger partial charge >= 0.3 is 0 Å². The quantitative estimate of drug-likeness (QED) is 0.359. The number of nitrogens with one attached hydrogen (secondary N) is 1. The fourth-order valence-corrected chi connectivity index (χ4v) is 3.53. The number of nitrogens with two attached hydrogens (primary N) is 1. The molecule has 0 saturated carbocycles. The largest absolute Gasteiger partial charge is 0.370 e. The molecule has 2 aromatic carbocycles. The van der Waals surface area contributed by atoms with Crippen molar-refractivity contribution in [3.8, 4) is 11.3 Å². The van der Waals surface area contributed by atoms with Gasteiger partial charge in [0, 0.05) is 18.2 Å². The lowest BCUT2D eigenvalue weighted by Gasteiger charge is -2.11. The van der Waals surface area contributed by atoms with Crippen molar-refractivity contribution in [2.24, 2.45) is 0 Å². The molecule has 4 N–H and O–H groups in total. The molecular weight excluding hydrogens is 443 g/mol. The molecule has 0 aliphatic carbocycles. The zero-order valence-corrected chi connectivity index (χ0v) is 17.4. The first-order valence-electron chi connectivity index (χ1n) is 8.07. The van der Waals surface area contributed by atoms with Crippen molar-refractivity contribution in [1.29, 1.82) is 0 Å². The van der Waals surface area contributed by atoms with E-state index in [9.17, 15) is 4.21 Å². The third-order valence-corrected chi connectivity index (χ3v) is 5.87. The molecule has 0 spiro atoms. The van der Waals surface area contributed by atoms with E-state index in [-0.39, 0.29) is 11.0 Å². The van der Waals surface area contributed by atoms with Gasteiger partial charge in [0.25, 0.3) is 0 Å². The zero-order chi connectivity index (χ0) is 20.3. The van der Waals surface area contributed by atoms with Crippen molar-refractivity contribution in [3.05, 3.63) is 63.1 Å². The zero-order valence-electron chi connectivity index (χ0n) is 14.3. The Morgan fingerprint density at radius 1 is 1.04 bits per heavy atom. The molecule has 1 heterocycles. The Labute approximate surface area is 179 Å². The molecule has 0 aliphatic rings. The number of hydrogen-bond donors (Lipinski definition) is 3. The second kappa shape index (κ2) is 9.07. The molecule has 0 saturated heterocycles. The van der Waals surface area contributed by atoms with E-state index in [0.717, 1.165) is 5.56 Å². The highest BCUT2D eigenvalue weighted by Gasteiger charge is 2.13. The van der Waals surface area contributed by atoms with Crippen molar-refractivity contribution >= 4 is 57.6 Å². The monoisotopic (exact) mass is 456 g/mol. The summed E-state index contributed by atoms with van der Waals surface area (Å²) in [4.78, 5) is 8.76. The van der Waals surface area contributed by atoms with Crippen LogP contribution in [0.2, 0.25) is 15.1 Å². The molecule has 146 valence electrons. The lowest BCUT2D eigenvalue weighted by atomic mass is 10.1. The molecule has 3 rings (SSSR count). The van der Waals surface area contributed by atoms with Crippen molar-refractivity contribution in [3.63, 3.8) is 0 Å². The van der Waals surface area contributed by atoms with E-state index in [1.165, 1.54) is 0 Å². The number of nitrogen functional groups attached to an aromatic ring is 1. The number of hydrogen-bond acceptors (Lipinski definition) is 5.